The first-order valence-electron chi connectivity index (χ1n) is 4.35. The summed E-state index contributed by atoms with van der Waals surface area (Å²) in [7, 11) is -1.74. The van der Waals surface area contributed by atoms with Gasteiger partial charge in [-0.05, 0) is 18.6 Å². The molecule has 0 aliphatic heterocycles. The van der Waals surface area contributed by atoms with Crippen molar-refractivity contribution in [3.8, 4) is 6.07 Å². The average Bonchev–Trinajstić information content (AvgIpc) is 2.19. The van der Waals surface area contributed by atoms with Crippen LogP contribution in [0.3, 0.4) is 0 Å². The lowest BCUT2D eigenvalue weighted by Gasteiger charge is -2.07. The van der Waals surface area contributed by atoms with Crippen molar-refractivity contribution in [3.63, 3.8) is 0 Å². The van der Waals surface area contributed by atoms with Crippen molar-refractivity contribution >= 4 is 10.8 Å². The summed E-state index contributed by atoms with van der Waals surface area (Å²) < 4.78 is 37.4. The van der Waals surface area contributed by atoms with Crippen molar-refractivity contribution in [2.24, 2.45) is 0 Å². The molecule has 0 bridgehead atoms. The molecule has 15 heavy (non-hydrogen) atoms. The summed E-state index contributed by atoms with van der Waals surface area (Å²) >= 11 is 0. The second kappa shape index (κ2) is 4.99. The molecule has 0 heterocycles. The highest BCUT2D eigenvalue weighted by Crippen LogP contribution is 2.18. The molecule has 1 aromatic carbocycles. The maximum absolute atomic E-state index is 13.2. The van der Waals surface area contributed by atoms with Crippen LogP contribution in [0.1, 0.15) is 13.3 Å². The molecule has 2 unspecified atom stereocenters. The Hall–Kier alpha value is -1.28. The van der Waals surface area contributed by atoms with Crippen LogP contribution in [0.4, 0.5) is 8.78 Å². The first-order valence-corrected chi connectivity index (χ1v) is 5.56. The largest absolute Gasteiger partial charge is 0.253 e. The summed E-state index contributed by atoms with van der Waals surface area (Å²) in [5.41, 5.74) is 0. The number of benzene rings is 1. The molecule has 2 atom stereocenters. The van der Waals surface area contributed by atoms with E-state index in [4.69, 9.17) is 5.26 Å². The van der Waals surface area contributed by atoms with Gasteiger partial charge >= 0.3 is 0 Å². The monoisotopic (exact) mass is 229 g/mol. The van der Waals surface area contributed by atoms with Gasteiger partial charge in [0.05, 0.1) is 21.8 Å². The van der Waals surface area contributed by atoms with Gasteiger partial charge in [0.1, 0.15) is 16.9 Å². The van der Waals surface area contributed by atoms with E-state index in [0.717, 1.165) is 12.1 Å². The first-order chi connectivity index (χ1) is 7.10. The molecule has 0 saturated heterocycles. The summed E-state index contributed by atoms with van der Waals surface area (Å²) in [5, 5.41) is 7.90. The van der Waals surface area contributed by atoms with Crippen molar-refractivity contribution in [2.75, 3.05) is 0 Å². The molecule has 0 radical (unpaired) electrons. The van der Waals surface area contributed by atoms with Gasteiger partial charge in [0.25, 0.3) is 0 Å². The Labute approximate surface area is 89.0 Å². The maximum Gasteiger partial charge on any atom is 0.142 e. The lowest BCUT2D eigenvalue weighted by molar-refractivity contribution is 0.561. The van der Waals surface area contributed by atoms with Gasteiger partial charge < -0.3 is 0 Å². The fourth-order valence-corrected chi connectivity index (χ4v) is 2.24. The van der Waals surface area contributed by atoms with Crippen LogP contribution in [0.5, 0.6) is 0 Å². The zero-order chi connectivity index (χ0) is 11.4. The van der Waals surface area contributed by atoms with Crippen LogP contribution in [0.15, 0.2) is 23.1 Å². The van der Waals surface area contributed by atoms with Crippen LogP contribution >= 0.6 is 0 Å². The molecule has 2 nitrogen and oxygen atoms in total. The minimum atomic E-state index is -1.74. The summed E-state index contributed by atoms with van der Waals surface area (Å²) in [4.78, 5) is -0.121. The molecule has 0 aliphatic carbocycles. The van der Waals surface area contributed by atoms with E-state index in [0.29, 0.717) is 12.5 Å². The topological polar surface area (TPSA) is 40.9 Å². The second-order valence-electron chi connectivity index (χ2n) is 2.90. The Morgan fingerprint density at radius 1 is 1.53 bits per heavy atom. The highest BCUT2D eigenvalue weighted by molar-refractivity contribution is 7.86. The van der Waals surface area contributed by atoms with E-state index in [1.54, 1.807) is 6.92 Å². The quantitative estimate of drug-likeness (QED) is 0.798. The molecule has 80 valence electrons. The van der Waals surface area contributed by atoms with Crippen LogP contribution in [0, 0.1) is 23.0 Å². The number of halogens is 2. The third-order valence-electron chi connectivity index (χ3n) is 1.88. The number of nitriles is 1. The Morgan fingerprint density at radius 2 is 2.20 bits per heavy atom. The Balaban J connectivity index is 3.07. The molecule has 0 saturated carbocycles. The molecule has 1 rings (SSSR count). The normalized spacial score (nSPS) is 14.3. The van der Waals surface area contributed by atoms with E-state index in [1.807, 2.05) is 6.07 Å². The van der Waals surface area contributed by atoms with Crippen LogP contribution < -0.4 is 0 Å². The number of hydrogen-bond acceptors (Lipinski definition) is 2. The fourth-order valence-electron chi connectivity index (χ4n) is 1.08. The SMILES string of the molecule is CCC(C#N)S(=O)c1ccc(F)cc1F. The molecule has 0 aliphatic rings. The molecule has 0 fully saturated rings. The Kier molecular flexibility index (Phi) is 3.92. The predicted octanol–water partition coefficient (Wildman–Crippen LogP) is 2.37. The third kappa shape index (κ3) is 2.60. The van der Waals surface area contributed by atoms with Gasteiger partial charge in [-0.2, -0.15) is 5.26 Å². The standard InChI is InChI=1S/C10H9F2NOS/c1-2-8(6-13)15(14)10-4-3-7(11)5-9(10)12/h3-5,8H,2H2,1H3. The molecule has 0 N–H and O–H groups in total. The van der Waals surface area contributed by atoms with Crippen LogP contribution in [0.25, 0.3) is 0 Å². The minimum Gasteiger partial charge on any atom is -0.253 e. The maximum atomic E-state index is 13.2. The Bertz CT molecular complexity index is 428. The lowest BCUT2D eigenvalue weighted by atomic mass is 10.3. The van der Waals surface area contributed by atoms with Gasteiger partial charge in [0, 0.05) is 6.07 Å². The zero-order valence-corrected chi connectivity index (χ0v) is 8.85. The predicted molar refractivity (Wildman–Crippen MR) is 52.5 cm³/mol. The van der Waals surface area contributed by atoms with E-state index in [9.17, 15) is 13.0 Å². The molecule has 5 heteroatoms. The molecule has 0 spiro atoms. The van der Waals surface area contributed by atoms with E-state index < -0.39 is 27.7 Å². The second-order valence-corrected chi connectivity index (χ2v) is 4.50. The molecular formula is C10H9F2NOS. The molecule has 0 amide bonds. The summed E-state index contributed by atoms with van der Waals surface area (Å²) in [6.07, 6.45) is 0.361. The van der Waals surface area contributed by atoms with E-state index in [2.05, 4.69) is 0 Å². The highest BCUT2D eigenvalue weighted by Gasteiger charge is 2.19. The van der Waals surface area contributed by atoms with Gasteiger partial charge in [-0.1, -0.05) is 6.92 Å². The van der Waals surface area contributed by atoms with Gasteiger partial charge in [-0.15, -0.1) is 0 Å². The van der Waals surface area contributed by atoms with E-state index in [-0.39, 0.29) is 4.90 Å². The van der Waals surface area contributed by atoms with Gasteiger partial charge in [0.15, 0.2) is 0 Å². The smallest absolute Gasteiger partial charge is 0.142 e. The molecule has 1 aromatic rings. The average molecular weight is 229 g/mol. The lowest BCUT2D eigenvalue weighted by Crippen LogP contribution is -2.13. The van der Waals surface area contributed by atoms with Crippen molar-refractivity contribution in [1.29, 1.82) is 5.26 Å². The van der Waals surface area contributed by atoms with Crippen molar-refractivity contribution in [1.82, 2.24) is 0 Å². The number of rotatable bonds is 3. The van der Waals surface area contributed by atoms with E-state index >= 15 is 0 Å². The minimum absolute atomic E-state index is 0.121. The Morgan fingerprint density at radius 3 is 2.67 bits per heavy atom. The van der Waals surface area contributed by atoms with Crippen molar-refractivity contribution in [2.45, 2.75) is 23.5 Å². The summed E-state index contributed by atoms with van der Waals surface area (Å²) in [5.74, 6) is -1.60. The van der Waals surface area contributed by atoms with Crippen LogP contribution in [-0.2, 0) is 10.8 Å². The van der Waals surface area contributed by atoms with Crippen LogP contribution in [-0.4, -0.2) is 9.46 Å². The first kappa shape index (κ1) is 11.8. The summed E-state index contributed by atoms with van der Waals surface area (Å²) in [6, 6.07) is 4.64. The van der Waals surface area contributed by atoms with Gasteiger partial charge in [-0.25, -0.2) is 8.78 Å². The fraction of sp³-hybridized carbons (Fsp3) is 0.300. The van der Waals surface area contributed by atoms with Crippen molar-refractivity contribution < 1.29 is 13.0 Å². The van der Waals surface area contributed by atoms with Gasteiger partial charge in [0.2, 0.25) is 0 Å². The highest BCUT2D eigenvalue weighted by atomic mass is 32.2. The van der Waals surface area contributed by atoms with Crippen LogP contribution in [0.2, 0.25) is 0 Å². The van der Waals surface area contributed by atoms with E-state index in [1.165, 1.54) is 0 Å². The summed E-state index contributed by atoms with van der Waals surface area (Å²) in [6.45, 7) is 1.69. The number of nitrogens with zero attached hydrogens (tertiary/aromatic N) is 1. The van der Waals surface area contributed by atoms with Crippen molar-refractivity contribution in [3.05, 3.63) is 29.8 Å². The van der Waals surface area contributed by atoms with Gasteiger partial charge in [-0.3, -0.25) is 4.21 Å². The molecule has 0 aromatic heterocycles. The number of hydrogen-bond donors (Lipinski definition) is 0. The molecular weight excluding hydrogens is 220 g/mol. The zero-order valence-electron chi connectivity index (χ0n) is 8.04. The third-order valence-corrected chi connectivity index (χ3v) is 3.60.